The number of para-hydroxylation sites is 2. The number of anilines is 1. The fourth-order valence-corrected chi connectivity index (χ4v) is 1.90. The summed E-state index contributed by atoms with van der Waals surface area (Å²) < 4.78 is 7.22. The summed E-state index contributed by atoms with van der Waals surface area (Å²) in [5.41, 5.74) is 7.43. The van der Waals surface area contributed by atoms with E-state index in [4.69, 9.17) is 10.5 Å². The topological polar surface area (TPSA) is 82.2 Å². The summed E-state index contributed by atoms with van der Waals surface area (Å²) in [6.45, 7) is 0.908. The van der Waals surface area contributed by atoms with Gasteiger partial charge in [-0.25, -0.2) is 0 Å². The molecule has 2 aromatic rings. The van der Waals surface area contributed by atoms with Crippen molar-refractivity contribution in [1.82, 2.24) is 15.1 Å². The molecule has 1 aromatic carbocycles. The Kier molecular flexibility index (Phi) is 5.20. The molecule has 0 saturated carbocycles. The SMILES string of the molecule is Cn1cc(CCNC(=O)CCOc2ccccc2N)cn1. The van der Waals surface area contributed by atoms with Crippen LogP contribution in [0.1, 0.15) is 12.0 Å². The number of nitrogen functional groups attached to an aromatic ring is 1. The molecule has 1 heterocycles. The number of ether oxygens (including phenoxy) is 1. The van der Waals surface area contributed by atoms with Gasteiger partial charge in [-0.1, -0.05) is 12.1 Å². The molecule has 1 amide bonds. The lowest BCUT2D eigenvalue weighted by molar-refractivity contribution is -0.121. The van der Waals surface area contributed by atoms with Gasteiger partial charge in [0.1, 0.15) is 5.75 Å². The van der Waals surface area contributed by atoms with Crippen molar-refractivity contribution in [2.45, 2.75) is 12.8 Å². The molecule has 0 saturated heterocycles. The van der Waals surface area contributed by atoms with Crippen molar-refractivity contribution in [3.05, 3.63) is 42.2 Å². The van der Waals surface area contributed by atoms with Gasteiger partial charge in [0, 0.05) is 19.8 Å². The van der Waals surface area contributed by atoms with Gasteiger partial charge in [-0.15, -0.1) is 0 Å². The molecule has 6 nitrogen and oxygen atoms in total. The third-order valence-corrected chi connectivity index (χ3v) is 3.00. The number of aromatic nitrogens is 2. The van der Waals surface area contributed by atoms with Gasteiger partial charge in [0.2, 0.25) is 5.91 Å². The maximum atomic E-state index is 11.7. The molecule has 0 aliphatic carbocycles. The average Bonchev–Trinajstić information content (AvgIpc) is 2.87. The normalized spacial score (nSPS) is 10.3. The number of amides is 1. The van der Waals surface area contributed by atoms with Crippen LogP contribution in [-0.2, 0) is 18.3 Å². The van der Waals surface area contributed by atoms with E-state index in [0.29, 0.717) is 31.0 Å². The van der Waals surface area contributed by atoms with Crippen molar-refractivity contribution >= 4 is 11.6 Å². The van der Waals surface area contributed by atoms with Crippen LogP contribution in [0, 0.1) is 0 Å². The van der Waals surface area contributed by atoms with E-state index in [1.54, 1.807) is 23.0 Å². The van der Waals surface area contributed by atoms with Crippen molar-refractivity contribution in [3.8, 4) is 5.75 Å². The van der Waals surface area contributed by atoms with Crippen LogP contribution in [0.15, 0.2) is 36.7 Å². The van der Waals surface area contributed by atoms with E-state index < -0.39 is 0 Å². The number of nitrogens with zero attached hydrogens (tertiary/aromatic N) is 2. The summed E-state index contributed by atoms with van der Waals surface area (Å²) in [5.74, 6) is 0.578. The number of nitrogens with one attached hydrogen (secondary N) is 1. The van der Waals surface area contributed by atoms with Crippen molar-refractivity contribution in [2.75, 3.05) is 18.9 Å². The molecule has 0 unspecified atom stereocenters. The van der Waals surface area contributed by atoms with Crippen LogP contribution in [0.2, 0.25) is 0 Å². The first-order valence-electron chi connectivity index (χ1n) is 6.86. The van der Waals surface area contributed by atoms with Gasteiger partial charge >= 0.3 is 0 Å². The van der Waals surface area contributed by atoms with E-state index in [9.17, 15) is 4.79 Å². The van der Waals surface area contributed by atoms with Crippen LogP contribution in [0.5, 0.6) is 5.75 Å². The minimum absolute atomic E-state index is 0.0339. The quantitative estimate of drug-likeness (QED) is 0.748. The maximum Gasteiger partial charge on any atom is 0.223 e. The van der Waals surface area contributed by atoms with Crippen molar-refractivity contribution in [3.63, 3.8) is 0 Å². The fraction of sp³-hybridized carbons (Fsp3) is 0.333. The molecule has 0 atom stereocenters. The number of hydrogen-bond donors (Lipinski definition) is 2. The van der Waals surface area contributed by atoms with Gasteiger partial charge < -0.3 is 15.8 Å². The molecule has 1 aromatic heterocycles. The lowest BCUT2D eigenvalue weighted by Gasteiger charge is -2.08. The van der Waals surface area contributed by atoms with Crippen molar-refractivity contribution < 1.29 is 9.53 Å². The Labute approximate surface area is 123 Å². The second-order valence-corrected chi connectivity index (χ2v) is 4.76. The van der Waals surface area contributed by atoms with E-state index in [1.165, 1.54) is 0 Å². The lowest BCUT2D eigenvalue weighted by Crippen LogP contribution is -2.27. The van der Waals surface area contributed by atoms with Crippen molar-refractivity contribution in [2.24, 2.45) is 7.05 Å². The van der Waals surface area contributed by atoms with Crippen LogP contribution in [-0.4, -0.2) is 28.8 Å². The highest BCUT2D eigenvalue weighted by Gasteiger charge is 2.04. The van der Waals surface area contributed by atoms with E-state index >= 15 is 0 Å². The molecule has 2 rings (SSSR count). The Morgan fingerprint density at radius 1 is 1.43 bits per heavy atom. The van der Waals surface area contributed by atoms with Gasteiger partial charge in [0.25, 0.3) is 0 Å². The zero-order chi connectivity index (χ0) is 15.1. The zero-order valence-corrected chi connectivity index (χ0v) is 12.1. The summed E-state index contributed by atoms with van der Waals surface area (Å²) in [4.78, 5) is 11.7. The van der Waals surface area contributed by atoms with Gasteiger partial charge in [-0.3, -0.25) is 9.48 Å². The second-order valence-electron chi connectivity index (χ2n) is 4.76. The van der Waals surface area contributed by atoms with Gasteiger partial charge in [0.05, 0.1) is 24.9 Å². The average molecular weight is 288 g/mol. The molecule has 0 spiro atoms. The standard InChI is InChI=1S/C15H20N4O2/c1-19-11-12(10-18-19)6-8-17-15(20)7-9-21-14-5-3-2-4-13(14)16/h2-5,10-11H,6-9,16H2,1H3,(H,17,20). The Morgan fingerprint density at radius 3 is 2.95 bits per heavy atom. The number of aryl methyl sites for hydroxylation is 1. The molecule has 0 radical (unpaired) electrons. The van der Waals surface area contributed by atoms with E-state index in [0.717, 1.165) is 12.0 Å². The first-order chi connectivity index (χ1) is 10.1. The smallest absolute Gasteiger partial charge is 0.223 e. The lowest BCUT2D eigenvalue weighted by atomic mass is 10.2. The third kappa shape index (κ3) is 4.83. The Hall–Kier alpha value is -2.50. The molecule has 0 aliphatic heterocycles. The summed E-state index contributed by atoms with van der Waals surface area (Å²) in [7, 11) is 1.87. The summed E-state index contributed by atoms with van der Waals surface area (Å²) in [6.07, 6.45) is 4.81. The fourth-order valence-electron chi connectivity index (χ4n) is 1.90. The third-order valence-electron chi connectivity index (χ3n) is 3.00. The maximum absolute atomic E-state index is 11.7. The van der Waals surface area contributed by atoms with Crippen LogP contribution in [0.25, 0.3) is 0 Å². The monoisotopic (exact) mass is 288 g/mol. The molecule has 112 valence electrons. The zero-order valence-electron chi connectivity index (χ0n) is 12.1. The Bertz CT molecular complexity index is 595. The number of nitrogens with two attached hydrogens (primary N) is 1. The van der Waals surface area contributed by atoms with E-state index in [1.807, 2.05) is 25.4 Å². The molecule has 21 heavy (non-hydrogen) atoms. The highest BCUT2D eigenvalue weighted by Crippen LogP contribution is 2.19. The summed E-state index contributed by atoms with van der Waals surface area (Å²) >= 11 is 0. The molecule has 0 bridgehead atoms. The molecule has 6 heteroatoms. The number of rotatable bonds is 7. The van der Waals surface area contributed by atoms with Crippen LogP contribution >= 0.6 is 0 Å². The minimum Gasteiger partial charge on any atom is -0.491 e. The number of hydrogen-bond acceptors (Lipinski definition) is 4. The molecule has 0 aliphatic rings. The number of benzene rings is 1. The number of carbonyl (C=O) groups excluding carboxylic acids is 1. The van der Waals surface area contributed by atoms with Gasteiger partial charge in [-0.05, 0) is 24.1 Å². The van der Waals surface area contributed by atoms with Crippen LogP contribution in [0.4, 0.5) is 5.69 Å². The highest BCUT2D eigenvalue weighted by atomic mass is 16.5. The molecule has 0 fully saturated rings. The van der Waals surface area contributed by atoms with E-state index in [2.05, 4.69) is 10.4 Å². The highest BCUT2D eigenvalue weighted by molar-refractivity contribution is 5.76. The first-order valence-corrected chi connectivity index (χ1v) is 6.86. The minimum atomic E-state index is -0.0339. The predicted molar refractivity (Wildman–Crippen MR) is 80.9 cm³/mol. The van der Waals surface area contributed by atoms with Crippen molar-refractivity contribution in [1.29, 1.82) is 0 Å². The molecule has 3 N–H and O–H groups in total. The molecular weight excluding hydrogens is 268 g/mol. The van der Waals surface area contributed by atoms with Crippen LogP contribution in [0.3, 0.4) is 0 Å². The second kappa shape index (κ2) is 7.33. The summed E-state index contributed by atoms with van der Waals surface area (Å²) in [6, 6.07) is 7.24. The first kappa shape index (κ1) is 14.9. The summed E-state index contributed by atoms with van der Waals surface area (Å²) in [5, 5.41) is 6.93. The van der Waals surface area contributed by atoms with Crippen LogP contribution < -0.4 is 15.8 Å². The number of carbonyl (C=O) groups is 1. The Morgan fingerprint density at radius 2 is 2.24 bits per heavy atom. The largest absolute Gasteiger partial charge is 0.491 e. The van der Waals surface area contributed by atoms with Gasteiger partial charge in [-0.2, -0.15) is 5.10 Å². The molecular formula is C15H20N4O2. The Balaban J connectivity index is 1.63. The van der Waals surface area contributed by atoms with E-state index in [-0.39, 0.29) is 5.91 Å². The van der Waals surface area contributed by atoms with Gasteiger partial charge in [0.15, 0.2) is 0 Å². The predicted octanol–water partition coefficient (Wildman–Crippen LogP) is 1.13.